The van der Waals surface area contributed by atoms with E-state index in [1.807, 2.05) is 0 Å². The lowest BCUT2D eigenvalue weighted by atomic mass is 9.93. The van der Waals surface area contributed by atoms with E-state index in [2.05, 4.69) is 31.2 Å². The number of nitrogen functional groups attached to an aromatic ring is 1. The minimum absolute atomic E-state index is 0.612. The second-order valence-corrected chi connectivity index (χ2v) is 4.19. The van der Waals surface area contributed by atoms with Crippen molar-refractivity contribution in [1.29, 1.82) is 0 Å². The first kappa shape index (κ1) is 7.19. The van der Waals surface area contributed by atoms with Crippen molar-refractivity contribution >= 4 is 5.69 Å². The van der Waals surface area contributed by atoms with Crippen LogP contribution in [0.25, 0.3) is 0 Å². The normalized spacial score (nSPS) is 28.1. The van der Waals surface area contributed by atoms with Crippen molar-refractivity contribution in [2.24, 2.45) is 0 Å². The zero-order valence-electron chi connectivity index (χ0n) is 7.75. The Balaban J connectivity index is 2.29. The van der Waals surface area contributed by atoms with Crippen molar-refractivity contribution in [3.05, 3.63) is 41.0 Å². The Morgan fingerprint density at radius 1 is 1.23 bits per heavy atom. The highest BCUT2D eigenvalue weighted by Crippen LogP contribution is 2.50. The van der Waals surface area contributed by atoms with Crippen LogP contribution in [0.2, 0.25) is 0 Å². The molecule has 0 spiro atoms. The maximum atomic E-state index is 6.03. The monoisotopic (exact) mass is 171 g/mol. The van der Waals surface area contributed by atoms with Crippen LogP contribution < -0.4 is 5.73 Å². The molecule has 1 aromatic rings. The number of hydrogen-bond acceptors (Lipinski definition) is 1. The summed E-state index contributed by atoms with van der Waals surface area (Å²) in [6.07, 6.45) is 5.88. The maximum absolute atomic E-state index is 6.03. The highest BCUT2D eigenvalue weighted by Gasteiger charge is 2.33. The average molecular weight is 171 g/mol. The number of hydrogen-bond donors (Lipinski definition) is 1. The second kappa shape index (κ2) is 2.16. The quantitative estimate of drug-likeness (QED) is 0.471. The third kappa shape index (κ3) is 0.819. The molecule has 0 heterocycles. The number of anilines is 1. The lowest BCUT2D eigenvalue weighted by molar-refractivity contribution is 0.805. The molecule has 2 bridgehead atoms. The van der Waals surface area contributed by atoms with Gasteiger partial charge >= 0.3 is 0 Å². The van der Waals surface area contributed by atoms with Crippen molar-refractivity contribution in [3.8, 4) is 0 Å². The van der Waals surface area contributed by atoms with Gasteiger partial charge in [0, 0.05) is 17.5 Å². The van der Waals surface area contributed by atoms with Crippen LogP contribution in [0.3, 0.4) is 0 Å². The molecule has 2 aliphatic carbocycles. The Labute approximate surface area is 78.3 Å². The SMILES string of the molecule is Cc1cc(N)c2c(c1)C1C=CC2C1. The van der Waals surface area contributed by atoms with Crippen LogP contribution in [0.5, 0.6) is 0 Å². The van der Waals surface area contributed by atoms with Crippen LogP contribution in [0, 0.1) is 6.92 Å². The Morgan fingerprint density at radius 3 is 2.85 bits per heavy atom. The minimum atomic E-state index is 0.612. The molecule has 0 saturated carbocycles. The van der Waals surface area contributed by atoms with Gasteiger partial charge in [-0.05, 0) is 36.1 Å². The summed E-state index contributed by atoms with van der Waals surface area (Å²) in [5.41, 5.74) is 11.2. The molecule has 1 heteroatoms. The summed E-state index contributed by atoms with van der Waals surface area (Å²) in [5, 5.41) is 0. The molecule has 2 N–H and O–H groups in total. The summed E-state index contributed by atoms with van der Waals surface area (Å²) in [5.74, 6) is 1.27. The molecule has 0 saturated heterocycles. The molecule has 2 unspecified atom stereocenters. The Kier molecular flexibility index (Phi) is 1.20. The van der Waals surface area contributed by atoms with E-state index in [4.69, 9.17) is 5.73 Å². The number of fused-ring (bicyclic) bond motifs is 5. The molecule has 1 nitrogen and oxygen atoms in total. The van der Waals surface area contributed by atoms with Crippen LogP contribution in [-0.4, -0.2) is 0 Å². The summed E-state index contributed by atoms with van der Waals surface area (Å²) in [6.45, 7) is 2.12. The molecule has 13 heavy (non-hydrogen) atoms. The van der Waals surface area contributed by atoms with Crippen LogP contribution >= 0.6 is 0 Å². The lowest BCUT2D eigenvalue weighted by Gasteiger charge is -2.13. The number of rotatable bonds is 0. The fraction of sp³-hybridized carbons (Fsp3) is 0.333. The van der Waals surface area contributed by atoms with E-state index >= 15 is 0 Å². The Bertz CT molecular complexity index is 404. The Hall–Kier alpha value is -1.24. The smallest absolute Gasteiger partial charge is 0.0358 e. The van der Waals surface area contributed by atoms with E-state index in [1.54, 1.807) is 0 Å². The summed E-state index contributed by atoms with van der Waals surface area (Å²) in [6, 6.07) is 4.38. The van der Waals surface area contributed by atoms with Crippen LogP contribution in [0.15, 0.2) is 24.3 Å². The number of allylic oxidation sites excluding steroid dienone is 2. The highest BCUT2D eigenvalue weighted by molar-refractivity contribution is 5.62. The third-order valence-electron chi connectivity index (χ3n) is 3.24. The van der Waals surface area contributed by atoms with E-state index in [-0.39, 0.29) is 0 Å². The molecule has 1 aromatic carbocycles. The van der Waals surface area contributed by atoms with Gasteiger partial charge in [0.2, 0.25) is 0 Å². The van der Waals surface area contributed by atoms with Crippen molar-refractivity contribution in [2.45, 2.75) is 25.2 Å². The predicted molar refractivity (Wildman–Crippen MR) is 54.8 cm³/mol. The zero-order valence-corrected chi connectivity index (χ0v) is 7.75. The average Bonchev–Trinajstić information content (AvgIpc) is 2.62. The van der Waals surface area contributed by atoms with Gasteiger partial charge in [0.15, 0.2) is 0 Å². The largest absolute Gasteiger partial charge is 0.398 e. The van der Waals surface area contributed by atoms with E-state index in [0.717, 1.165) is 5.69 Å². The summed E-state index contributed by atoms with van der Waals surface area (Å²) < 4.78 is 0. The van der Waals surface area contributed by atoms with Gasteiger partial charge in [0.1, 0.15) is 0 Å². The minimum Gasteiger partial charge on any atom is -0.398 e. The van der Waals surface area contributed by atoms with Gasteiger partial charge < -0.3 is 5.73 Å². The molecule has 0 amide bonds. The van der Waals surface area contributed by atoms with Gasteiger partial charge in [-0.3, -0.25) is 0 Å². The first-order valence-corrected chi connectivity index (χ1v) is 4.84. The second-order valence-electron chi connectivity index (χ2n) is 4.19. The molecular formula is C12H13N. The summed E-state index contributed by atoms with van der Waals surface area (Å²) in [4.78, 5) is 0. The van der Waals surface area contributed by atoms with Crippen molar-refractivity contribution < 1.29 is 0 Å². The van der Waals surface area contributed by atoms with Crippen LogP contribution in [0.4, 0.5) is 5.69 Å². The topological polar surface area (TPSA) is 26.0 Å². The van der Waals surface area contributed by atoms with Crippen LogP contribution in [-0.2, 0) is 0 Å². The molecule has 0 fully saturated rings. The van der Waals surface area contributed by atoms with E-state index in [1.165, 1.54) is 23.1 Å². The van der Waals surface area contributed by atoms with Gasteiger partial charge in [0.05, 0.1) is 0 Å². The van der Waals surface area contributed by atoms with Gasteiger partial charge in [0.25, 0.3) is 0 Å². The standard InChI is InChI=1S/C12H13N/c1-7-4-10-8-2-3-9(6-8)12(10)11(13)5-7/h2-5,8-9H,6,13H2,1H3. The lowest BCUT2D eigenvalue weighted by Crippen LogP contribution is -2.00. The first-order valence-electron chi connectivity index (χ1n) is 4.84. The van der Waals surface area contributed by atoms with Gasteiger partial charge in [-0.2, -0.15) is 0 Å². The number of nitrogens with two attached hydrogens (primary N) is 1. The fourth-order valence-corrected chi connectivity index (χ4v) is 2.73. The van der Waals surface area contributed by atoms with Crippen molar-refractivity contribution in [3.63, 3.8) is 0 Å². The molecule has 0 aromatic heterocycles. The van der Waals surface area contributed by atoms with Gasteiger partial charge in [-0.25, -0.2) is 0 Å². The summed E-state index contributed by atoms with van der Waals surface area (Å²) >= 11 is 0. The van der Waals surface area contributed by atoms with Crippen molar-refractivity contribution in [2.75, 3.05) is 5.73 Å². The summed E-state index contributed by atoms with van der Waals surface area (Å²) in [7, 11) is 0. The molecule has 3 rings (SSSR count). The van der Waals surface area contributed by atoms with Crippen LogP contribution in [0.1, 0.15) is 34.9 Å². The fourth-order valence-electron chi connectivity index (χ4n) is 2.73. The third-order valence-corrected chi connectivity index (χ3v) is 3.24. The molecule has 0 radical (unpaired) electrons. The molecule has 66 valence electrons. The molecule has 2 atom stereocenters. The number of benzene rings is 1. The first-order chi connectivity index (χ1) is 6.25. The highest BCUT2D eigenvalue weighted by atomic mass is 14.6. The molecular weight excluding hydrogens is 158 g/mol. The maximum Gasteiger partial charge on any atom is 0.0358 e. The van der Waals surface area contributed by atoms with Crippen molar-refractivity contribution in [1.82, 2.24) is 0 Å². The Morgan fingerprint density at radius 2 is 2.00 bits per heavy atom. The van der Waals surface area contributed by atoms with E-state index in [0.29, 0.717) is 11.8 Å². The molecule has 2 aliphatic rings. The van der Waals surface area contributed by atoms with E-state index in [9.17, 15) is 0 Å². The predicted octanol–water partition coefficient (Wildman–Crippen LogP) is 2.72. The van der Waals surface area contributed by atoms with Gasteiger partial charge in [-0.1, -0.05) is 18.2 Å². The zero-order chi connectivity index (χ0) is 9.00. The molecule has 0 aliphatic heterocycles. The number of aryl methyl sites for hydroxylation is 1. The van der Waals surface area contributed by atoms with Gasteiger partial charge in [-0.15, -0.1) is 0 Å². The van der Waals surface area contributed by atoms with E-state index < -0.39 is 0 Å².